The van der Waals surface area contributed by atoms with Crippen LogP contribution in [0.5, 0.6) is 11.6 Å². The Balaban J connectivity index is 1.18. The molecule has 1 aliphatic rings. The van der Waals surface area contributed by atoms with Crippen molar-refractivity contribution in [3.63, 3.8) is 0 Å². The maximum atomic E-state index is 12.1. The molecule has 1 saturated carbocycles. The number of rotatable bonds is 15. The number of anilines is 1. The molecule has 0 bridgehead atoms. The average Bonchev–Trinajstić information content (AvgIpc) is 3.82. The molecular weight excluding hydrogens is 706 g/mol. The SMILES string of the molecule is COc1ccc(C(Nc2n[13c](OC)c3[15n]cn([C@H]4C[C@H](OCc5ccccc5)[C@@H](COCc5ccccc5)[C@H]4O)[13c]3n2)(c2ccccc2)c2ccccc2)cc1. The molecule has 0 spiro atoms. The van der Waals surface area contributed by atoms with E-state index < -0.39 is 17.7 Å². The highest BCUT2D eigenvalue weighted by Crippen LogP contribution is 2.43. The van der Waals surface area contributed by atoms with E-state index >= 15 is 0 Å². The van der Waals surface area contributed by atoms with Crippen LogP contribution in [0.4, 0.5) is 5.95 Å². The fourth-order valence-electron chi connectivity index (χ4n) is 7.83. The van der Waals surface area contributed by atoms with E-state index in [1.807, 2.05) is 114 Å². The van der Waals surface area contributed by atoms with Gasteiger partial charge in [0, 0.05) is 5.92 Å². The monoisotopic (exact) mass is 750 g/mol. The number of fused-ring (bicyclic) bond motifs is 1. The summed E-state index contributed by atoms with van der Waals surface area (Å²) in [5, 5.41) is 15.9. The first-order valence-electron chi connectivity index (χ1n) is 18.8. The number of ether oxygens (including phenoxy) is 4. The number of aliphatic hydroxyl groups excluding tert-OH is 1. The lowest BCUT2D eigenvalue weighted by Gasteiger charge is -2.37. The van der Waals surface area contributed by atoms with Gasteiger partial charge in [-0.2, -0.15) is 9.97 Å². The van der Waals surface area contributed by atoms with Gasteiger partial charge < -0.3 is 33.9 Å². The van der Waals surface area contributed by atoms with Crippen molar-refractivity contribution in [1.29, 1.82) is 0 Å². The number of aliphatic hydroxyl groups is 1. The van der Waals surface area contributed by atoms with Gasteiger partial charge in [-0.15, -0.1) is 0 Å². The van der Waals surface area contributed by atoms with E-state index in [2.05, 4.69) is 41.7 Å². The quantitative estimate of drug-likeness (QED) is 0.101. The molecule has 10 nitrogen and oxygen atoms in total. The minimum Gasteiger partial charge on any atom is -0.497 e. The lowest BCUT2D eigenvalue weighted by molar-refractivity contribution is -0.0475. The number of methoxy groups -OCH3 is 2. The first kappa shape index (κ1) is 36.9. The Kier molecular flexibility index (Phi) is 11.0. The Morgan fingerprint density at radius 1 is 0.696 bits per heavy atom. The van der Waals surface area contributed by atoms with Crippen molar-refractivity contribution in [2.45, 2.75) is 43.4 Å². The molecule has 7 aromatic rings. The summed E-state index contributed by atoms with van der Waals surface area (Å²) in [6.45, 7) is 1.18. The van der Waals surface area contributed by atoms with Gasteiger partial charge in [0.25, 0.3) is 0 Å². The summed E-state index contributed by atoms with van der Waals surface area (Å²) in [6, 6.07) is 48.2. The second-order valence-electron chi connectivity index (χ2n) is 14.0. The van der Waals surface area contributed by atoms with Crippen molar-refractivity contribution in [1.82, 2.24) is 19.5 Å². The smallest absolute Gasteiger partial charge is 0.246 e. The lowest BCUT2D eigenvalue weighted by Crippen LogP contribution is -2.38. The van der Waals surface area contributed by atoms with Crippen LogP contribution in [-0.2, 0) is 28.2 Å². The van der Waals surface area contributed by atoms with Crippen LogP contribution in [0.25, 0.3) is 11.2 Å². The molecule has 284 valence electrons. The van der Waals surface area contributed by atoms with Gasteiger partial charge in [0.1, 0.15) is 11.3 Å². The number of nitrogens with one attached hydrogen (secondary N) is 1. The Bertz CT molecular complexity index is 2270. The minimum absolute atomic E-state index is 0.288. The summed E-state index contributed by atoms with van der Waals surface area (Å²) in [7, 11) is 3.24. The van der Waals surface area contributed by atoms with Crippen molar-refractivity contribution in [2.75, 3.05) is 26.1 Å². The van der Waals surface area contributed by atoms with Crippen LogP contribution in [0, 0.1) is 5.92 Å². The van der Waals surface area contributed by atoms with E-state index in [0.29, 0.717) is 49.2 Å². The number of aromatic nitrogens is 4. The van der Waals surface area contributed by atoms with Crippen molar-refractivity contribution in [3.8, 4) is 11.6 Å². The zero-order chi connectivity index (χ0) is 38.3. The number of benzene rings is 5. The fourth-order valence-corrected chi connectivity index (χ4v) is 7.83. The summed E-state index contributed by atoms with van der Waals surface area (Å²) in [5.74, 6) is 1.09. The Morgan fingerprint density at radius 2 is 1.27 bits per heavy atom. The maximum absolute atomic E-state index is 12.1. The molecule has 2 aromatic heterocycles. The van der Waals surface area contributed by atoms with Gasteiger partial charge in [0.05, 0.1) is 58.6 Å². The van der Waals surface area contributed by atoms with Gasteiger partial charge in [-0.25, -0.2) is 4.98 Å². The van der Waals surface area contributed by atoms with Crippen LogP contribution in [0.2, 0.25) is 0 Å². The molecule has 2 heterocycles. The molecule has 0 saturated heterocycles. The lowest BCUT2D eigenvalue weighted by atomic mass is 9.77. The van der Waals surface area contributed by atoms with Crippen LogP contribution in [0.15, 0.2) is 152 Å². The highest BCUT2D eigenvalue weighted by atomic mass is 16.5. The molecule has 1 aliphatic carbocycles. The molecule has 56 heavy (non-hydrogen) atoms. The average molecular weight is 751 g/mol. The molecule has 0 aliphatic heterocycles. The van der Waals surface area contributed by atoms with Gasteiger partial charge in [0.2, 0.25) is 11.8 Å². The summed E-state index contributed by atoms with van der Waals surface area (Å²) < 4.78 is 26.1. The van der Waals surface area contributed by atoms with Crippen LogP contribution in [0.3, 0.4) is 0 Å². The molecule has 5 aromatic carbocycles. The highest BCUT2D eigenvalue weighted by molar-refractivity contribution is 5.78. The molecule has 0 amide bonds. The van der Waals surface area contributed by atoms with Crippen molar-refractivity contribution in [3.05, 3.63) is 180 Å². The highest BCUT2D eigenvalue weighted by Gasteiger charge is 2.45. The van der Waals surface area contributed by atoms with Gasteiger partial charge in [0.15, 0.2) is 11.2 Å². The van der Waals surface area contributed by atoms with E-state index in [1.165, 1.54) is 0 Å². The topological polar surface area (TPSA) is 113 Å². The van der Waals surface area contributed by atoms with E-state index in [-0.39, 0.29) is 12.0 Å². The first-order valence-corrected chi connectivity index (χ1v) is 18.8. The molecule has 1 fully saturated rings. The van der Waals surface area contributed by atoms with Crippen LogP contribution < -0.4 is 14.8 Å². The summed E-state index contributed by atoms with van der Waals surface area (Å²) in [4.78, 5) is 14.8. The summed E-state index contributed by atoms with van der Waals surface area (Å²) in [6.07, 6.45) is 1.14. The third-order valence-corrected chi connectivity index (χ3v) is 10.7. The third kappa shape index (κ3) is 7.46. The summed E-state index contributed by atoms with van der Waals surface area (Å²) >= 11 is 0. The molecule has 8 rings (SSSR count). The number of hydrogen-bond acceptors (Lipinski definition) is 9. The number of nitrogens with zero attached hydrogens (tertiary/aromatic N) is 4. The molecule has 10 heteroatoms. The molecular formula is C46H45N5O5. The Labute approximate surface area is 326 Å². The van der Waals surface area contributed by atoms with Gasteiger partial charge in [-0.3, -0.25) is 0 Å². The zero-order valence-corrected chi connectivity index (χ0v) is 31.4. The molecule has 0 unspecified atom stereocenters. The predicted molar refractivity (Wildman–Crippen MR) is 216 cm³/mol. The van der Waals surface area contributed by atoms with E-state index in [9.17, 15) is 5.11 Å². The van der Waals surface area contributed by atoms with Crippen LogP contribution >= 0.6 is 0 Å². The summed E-state index contributed by atoms with van der Waals surface area (Å²) in [5.41, 5.74) is 5.14. The van der Waals surface area contributed by atoms with E-state index in [0.717, 1.165) is 33.6 Å². The zero-order valence-electron chi connectivity index (χ0n) is 31.4. The standard InChI is InChI=1S/C46H45N5O5/c1-53-37-25-23-36(24-26-37)46(34-19-11-5-12-20-34,35-21-13-6-14-22-35)50-45-48-43-41(44(49-45)54-2)47-31-51(43)39-27-40(56-29-33-17-9-4-10-18-33)38(42(39)52)30-55-28-32-15-7-3-8-16-32/h3-26,31,38-40,42,52H,27-30H2,1-2H3,(H,48,49,50)/t38-,39+,40+,42-/m1/s1/i43+1,44+1,47+1. The van der Waals surface area contributed by atoms with Crippen LogP contribution in [0.1, 0.15) is 40.3 Å². The largest absolute Gasteiger partial charge is 0.497 e. The van der Waals surface area contributed by atoms with E-state index in [1.54, 1.807) is 20.5 Å². The van der Waals surface area contributed by atoms with Gasteiger partial charge in [-0.1, -0.05) is 133 Å². The Morgan fingerprint density at radius 3 is 1.86 bits per heavy atom. The number of imidazole rings is 1. The van der Waals surface area contributed by atoms with Crippen molar-refractivity contribution < 1.29 is 24.1 Å². The van der Waals surface area contributed by atoms with Gasteiger partial charge in [-0.05, 0) is 46.4 Å². The van der Waals surface area contributed by atoms with Crippen molar-refractivity contribution in [2.24, 2.45) is 5.92 Å². The van der Waals surface area contributed by atoms with Gasteiger partial charge >= 0.3 is 0 Å². The number of hydrogen-bond donors (Lipinski definition) is 2. The maximum Gasteiger partial charge on any atom is 0.246 e. The second-order valence-corrected chi connectivity index (χ2v) is 14.0. The molecule has 0 radical (unpaired) electrons. The van der Waals surface area contributed by atoms with Crippen molar-refractivity contribution >= 4 is 17.1 Å². The van der Waals surface area contributed by atoms with E-state index in [4.69, 9.17) is 33.9 Å². The third-order valence-electron chi connectivity index (χ3n) is 10.7. The first-order chi connectivity index (χ1) is 27.6. The minimum atomic E-state index is -0.928. The second kappa shape index (κ2) is 16.7. The fraction of sp³-hybridized carbons (Fsp3) is 0.239. The Hall–Kier alpha value is -6.07. The normalized spacial score (nSPS) is 18.2. The molecule has 2 N–H and O–H groups in total. The molecule has 4 atom stereocenters. The van der Waals surface area contributed by atoms with Crippen LogP contribution in [-0.4, -0.2) is 57.7 Å². The predicted octanol–water partition coefficient (Wildman–Crippen LogP) is 7.97.